The van der Waals surface area contributed by atoms with Gasteiger partial charge in [-0.25, -0.2) is 8.42 Å². The van der Waals surface area contributed by atoms with Crippen molar-refractivity contribution in [2.75, 3.05) is 7.05 Å². The van der Waals surface area contributed by atoms with Gasteiger partial charge in [-0.05, 0) is 34.7 Å². The normalized spacial score (nSPS) is 24.2. The van der Waals surface area contributed by atoms with Gasteiger partial charge < -0.3 is 10.2 Å². The summed E-state index contributed by atoms with van der Waals surface area (Å²) in [5.74, 6) is 1.03. The van der Waals surface area contributed by atoms with E-state index in [9.17, 15) is 8.42 Å². The summed E-state index contributed by atoms with van der Waals surface area (Å²) < 4.78 is 32.4. The summed E-state index contributed by atoms with van der Waals surface area (Å²) in [6.07, 6.45) is 4.08. The first-order valence-corrected chi connectivity index (χ1v) is 9.06. The Morgan fingerprint density at radius 1 is 1.50 bits per heavy atom. The zero-order chi connectivity index (χ0) is 14.9. The number of rotatable bonds is 4. The smallest absolute Gasteiger partial charge is 0.247 e. The van der Waals surface area contributed by atoms with Crippen LogP contribution in [-0.2, 0) is 16.6 Å². The maximum atomic E-state index is 12.7. The van der Waals surface area contributed by atoms with Crippen LogP contribution in [0.3, 0.4) is 0 Å². The second kappa shape index (κ2) is 6.17. The first-order valence-electron chi connectivity index (χ1n) is 6.82. The maximum absolute atomic E-state index is 12.7. The number of sulfonamides is 1. The lowest BCUT2D eigenvalue weighted by atomic mass is 9.87. The number of hydrogen-bond acceptors (Lipinski definition) is 4. The van der Waals surface area contributed by atoms with E-state index >= 15 is 0 Å². The molecule has 1 aromatic heterocycles. The lowest BCUT2D eigenvalue weighted by molar-refractivity contribution is 0.239. The van der Waals surface area contributed by atoms with Crippen molar-refractivity contribution in [2.24, 2.45) is 11.7 Å². The van der Waals surface area contributed by atoms with E-state index in [2.05, 4.69) is 22.9 Å². The molecular weight excluding hydrogens is 344 g/mol. The molecule has 2 unspecified atom stereocenters. The van der Waals surface area contributed by atoms with E-state index in [1.54, 1.807) is 7.05 Å². The molecule has 2 atom stereocenters. The van der Waals surface area contributed by atoms with Crippen LogP contribution in [0.2, 0.25) is 0 Å². The third-order valence-electron chi connectivity index (χ3n) is 3.99. The molecule has 0 saturated heterocycles. The summed E-state index contributed by atoms with van der Waals surface area (Å²) in [7, 11) is -1.89. The standard InChI is InChI=1S/C13H21BrN2O3S/c1-9-4-3-5-10(6-9)16(2)20(17,18)12-7-11(8-15)19-13(12)14/h7,9-10H,3-6,8,15H2,1-2H3. The fraction of sp³-hybridized carbons (Fsp3) is 0.692. The second-order valence-corrected chi connectivity index (χ2v) is 8.19. The summed E-state index contributed by atoms with van der Waals surface area (Å²) in [6, 6.07) is 1.56. The van der Waals surface area contributed by atoms with Crippen LogP contribution in [0.5, 0.6) is 0 Å². The maximum Gasteiger partial charge on any atom is 0.247 e. The average Bonchev–Trinajstić information content (AvgIpc) is 2.80. The molecule has 1 fully saturated rings. The highest BCUT2D eigenvalue weighted by molar-refractivity contribution is 9.10. The molecular formula is C13H21BrN2O3S. The van der Waals surface area contributed by atoms with Gasteiger partial charge in [0.05, 0.1) is 6.54 Å². The van der Waals surface area contributed by atoms with Crippen molar-refractivity contribution in [3.8, 4) is 0 Å². The molecule has 0 spiro atoms. The van der Waals surface area contributed by atoms with Gasteiger partial charge in [-0.15, -0.1) is 0 Å². The molecule has 1 saturated carbocycles. The zero-order valence-electron chi connectivity index (χ0n) is 11.8. The highest BCUT2D eigenvalue weighted by atomic mass is 79.9. The van der Waals surface area contributed by atoms with Crippen LogP contribution in [0.4, 0.5) is 0 Å². The highest BCUT2D eigenvalue weighted by Crippen LogP contribution is 2.33. The summed E-state index contributed by atoms with van der Waals surface area (Å²) in [4.78, 5) is 0.165. The van der Waals surface area contributed by atoms with E-state index in [0.29, 0.717) is 11.7 Å². The van der Waals surface area contributed by atoms with E-state index in [1.165, 1.54) is 16.8 Å². The number of nitrogens with zero attached hydrogens (tertiary/aromatic N) is 1. The van der Waals surface area contributed by atoms with Gasteiger partial charge in [0, 0.05) is 19.2 Å². The molecule has 20 heavy (non-hydrogen) atoms. The Morgan fingerprint density at radius 2 is 2.20 bits per heavy atom. The van der Waals surface area contributed by atoms with Gasteiger partial charge in [0.15, 0.2) is 4.67 Å². The Bertz CT molecular complexity index is 570. The van der Waals surface area contributed by atoms with Crippen LogP contribution in [0.25, 0.3) is 0 Å². The summed E-state index contributed by atoms with van der Waals surface area (Å²) in [6.45, 7) is 2.35. The van der Waals surface area contributed by atoms with Gasteiger partial charge in [0.25, 0.3) is 0 Å². The highest BCUT2D eigenvalue weighted by Gasteiger charge is 2.33. The quantitative estimate of drug-likeness (QED) is 0.890. The monoisotopic (exact) mass is 364 g/mol. The topological polar surface area (TPSA) is 76.5 Å². The van der Waals surface area contributed by atoms with Crippen LogP contribution < -0.4 is 5.73 Å². The molecule has 2 rings (SSSR count). The largest absolute Gasteiger partial charge is 0.452 e. The van der Waals surface area contributed by atoms with Crippen LogP contribution in [0.15, 0.2) is 20.0 Å². The summed E-state index contributed by atoms with van der Waals surface area (Å²) in [5, 5.41) is 0. The molecule has 1 aliphatic carbocycles. The Morgan fingerprint density at radius 3 is 2.75 bits per heavy atom. The van der Waals surface area contributed by atoms with E-state index in [4.69, 9.17) is 10.2 Å². The SMILES string of the molecule is CC1CCCC(N(C)S(=O)(=O)c2cc(CN)oc2Br)C1. The molecule has 0 bridgehead atoms. The minimum absolute atomic E-state index is 0.0619. The van der Waals surface area contributed by atoms with Gasteiger partial charge in [0.2, 0.25) is 10.0 Å². The van der Waals surface area contributed by atoms with Crippen LogP contribution in [0.1, 0.15) is 38.4 Å². The first-order chi connectivity index (χ1) is 9.36. The minimum atomic E-state index is -3.54. The predicted molar refractivity (Wildman–Crippen MR) is 80.7 cm³/mol. The zero-order valence-corrected chi connectivity index (χ0v) is 14.2. The molecule has 5 nitrogen and oxygen atoms in total. The van der Waals surface area contributed by atoms with Gasteiger partial charge in [-0.2, -0.15) is 4.31 Å². The molecule has 0 aromatic carbocycles. The number of hydrogen-bond donors (Lipinski definition) is 1. The molecule has 0 aliphatic heterocycles. The molecule has 2 N–H and O–H groups in total. The van der Waals surface area contributed by atoms with Gasteiger partial charge >= 0.3 is 0 Å². The Kier molecular flexibility index (Phi) is 4.94. The summed E-state index contributed by atoms with van der Waals surface area (Å²) in [5.41, 5.74) is 5.49. The average molecular weight is 365 g/mol. The van der Waals surface area contributed by atoms with Gasteiger partial charge in [0.1, 0.15) is 10.7 Å². The lowest BCUT2D eigenvalue weighted by Gasteiger charge is -2.33. The van der Waals surface area contributed by atoms with Crippen LogP contribution in [-0.4, -0.2) is 25.8 Å². The molecule has 1 aliphatic rings. The summed E-state index contributed by atoms with van der Waals surface area (Å²) >= 11 is 3.17. The van der Waals surface area contributed by atoms with Crippen molar-refractivity contribution in [1.29, 1.82) is 0 Å². The fourth-order valence-corrected chi connectivity index (χ4v) is 5.11. The van der Waals surface area contributed by atoms with Crippen molar-refractivity contribution in [3.63, 3.8) is 0 Å². The van der Waals surface area contributed by atoms with Crippen LogP contribution >= 0.6 is 15.9 Å². The third-order valence-corrected chi connectivity index (χ3v) is 6.75. The van der Waals surface area contributed by atoms with Crippen molar-refractivity contribution < 1.29 is 12.8 Å². The Hall–Kier alpha value is -0.370. The van der Waals surface area contributed by atoms with Crippen molar-refractivity contribution in [2.45, 2.75) is 50.1 Å². The van der Waals surface area contributed by atoms with Crippen molar-refractivity contribution >= 4 is 26.0 Å². The third kappa shape index (κ3) is 3.10. The van der Waals surface area contributed by atoms with Crippen molar-refractivity contribution in [1.82, 2.24) is 4.31 Å². The number of nitrogens with two attached hydrogens (primary N) is 1. The number of halogens is 1. The minimum Gasteiger partial charge on any atom is -0.452 e. The molecule has 7 heteroatoms. The van der Waals surface area contributed by atoms with Crippen LogP contribution in [0, 0.1) is 5.92 Å². The van der Waals surface area contributed by atoms with Gasteiger partial charge in [-0.1, -0.05) is 19.8 Å². The fourth-order valence-electron chi connectivity index (χ4n) is 2.76. The molecule has 1 heterocycles. The Balaban J connectivity index is 2.26. The second-order valence-electron chi connectivity index (χ2n) is 5.50. The molecule has 114 valence electrons. The first kappa shape index (κ1) is 16.0. The van der Waals surface area contributed by atoms with E-state index < -0.39 is 10.0 Å². The molecule has 0 amide bonds. The van der Waals surface area contributed by atoms with E-state index in [-0.39, 0.29) is 22.2 Å². The Labute approximate surface area is 128 Å². The number of furan rings is 1. The van der Waals surface area contributed by atoms with E-state index in [1.807, 2.05) is 0 Å². The lowest BCUT2D eigenvalue weighted by Crippen LogP contribution is -2.39. The molecule has 0 radical (unpaired) electrons. The predicted octanol–water partition coefficient (Wildman–Crippen LogP) is 2.70. The molecule has 1 aromatic rings. The van der Waals surface area contributed by atoms with Crippen molar-refractivity contribution in [3.05, 3.63) is 16.5 Å². The van der Waals surface area contributed by atoms with Gasteiger partial charge in [-0.3, -0.25) is 0 Å². The van der Waals surface area contributed by atoms with E-state index in [0.717, 1.165) is 19.3 Å².